The highest BCUT2D eigenvalue weighted by atomic mass is 32.1. The van der Waals surface area contributed by atoms with E-state index in [0.29, 0.717) is 29.4 Å². The van der Waals surface area contributed by atoms with Crippen LogP contribution in [-0.4, -0.2) is 37.9 Å². The highest BCUT2D eigenvalue weighted by Gasteiger charge is 2.20. The molecule has 0 bridgehead atoms. The number of hydrogen-bond donors (Lipinski definition) is 1. The van der Waals surface area contributed by atoms with Crippen molar-refractivity contribution in [2.24, 2.45) is 16.4 Å². The van der Waals surface area contributed by atoms with Gasteiger partial charge in [0.15, 0.2) is 10.9 Å². The number of morpholine rings is 1. The van der Waals surface area contributed by atoms with Crippen molar-refractivity contribution in [1.29, 1.82) is 5.53 Å². The minimum Gasteiger partial charge on any atom is -0.491 e. The molecule has 1 unspecified atom stereocenters. The molecule has 28 heavy (non-hydrogen) atoms. The molecule has 0 radical (unpaired) electrons. The summed E-state index contributed by atoms with van der Waals surface area (Å²) in [6.45, 7) is 14.9. The monoisotopic (exact) mass is 404 g/mol. The van der Waals surface area contributed by atoms with E-state index < -0.39 is 0 Å². The fourth-order valence-electron chi connectivity index (χ4n) is 3.84. The van der Waals surface area contributed by atoms with Gasteiger partial charge in [0.05, 0.1) is 30.0 Å². The van der Waals surface area contributed by atoms with Crippen molar-refractivity contribution < 1.29 is 9.47 Å². The Labute approximate surface area is 171 Å². The lowest BCUT2D eigenvalue weighted by molar-refractivity contribution is 0.122. The molecule has 154 valence electrons. The van der Waals surface area contributed by atoms with Gasteiger partial charge in [-0.25, -0.2) is 10.5 Å². The lowest BCUT2D eigenvalue weighted by Crippen LogP contribution is -2.36. The van der Waals surface area contributed by atoms with E-state index in [0.717, 1.165) is 53.6 Å². The topological polar surface area (TPSA) is 70.8 Å². The maximum atomic E-state index is 7.60. The Kier molecular flexibility index (Phi) is 6.55. The van der Waals surface area contributed by atoms with Gasteiger partial charge in [0, 0.05) is 18.7 Å². The molecule has 1 N–H and O–H groups in total. The third-order valence-corrected chi connectivity index (χ3v) is 6.12. The van der Waals surface area contributed by atoms with Crippen molar-refractivity contribution in [3.05, 3.63) is 11.6 Å². The Morgan fingerprint density at radius 2 is 2.07 bits per heavy atom. The number of rotatable bonds is 7. The van der Waals surface area contributed by atoms with E-state index >= 15 is 0 Å². The highest BCUT2D eigenvalue weighted by molar-refractivity contribution is 7.22. The largest absolute Gasteiger partial charge is 0.491 e. The van der Waals surface area contributed by atoms with Crippen molar-refractivity contribution in [3.8, 4) is 5.75 Å². The van der Waals surface area contributed by atoms with Gasteiger partial charge in [-0.2, -0.15) is 5.11 Å². The first-order valence-corrected chi connectivity index (χ1v) is 10.9. The number of fused-ring (bicyclic) bond motifs is 1. The first-order valence-electron chi connectivity index (χ1n) is 10.1. The van der Waals surface area contributed by atoms with Crippen molar-refractivity contribution in [2.45, 2.75) is 47.5 Å². The summed E-state index contributed by atoms with van der Waals surface area (Å²) >= 11 is 1.65. The maximum absolute atomic E-state index is 7.60. The summed E-state index contributed by atoms with van der Waals surface area (Å²) in [6.07, 6.45) is 2.15. The number of ether oxygens (including phenoxy) is 2. The molecule has 1 fully saturated rings. The van der Waals surface area contributed by atoms with Crippen LogP contribution in [-0.2, 0) is 4.74 Å². The lowest BCUT2D eigenvalue weighted by atomic mass is 9.84. The van der Waals surface area contributed by atoms with Crippen molar-refractivity contribution in [1.82, 2.24) is 4.98 Å². The van der Waals surface area contributed by atoms with E-state index in [9.17, 15) is 0 Å². The number of anilines is 1. The first-order chi connectivity index (χ1) is 13.3. The third kappa shape index (κ3) is 5.00. The minimum absolute atomic E-state index is 0.326. The maximum Gasteiger partial charge on any atom is 0.186 e. The molecular formula is C21H32N4O2S. The molecule has 6 nitrogen and oxygen atoms in total. The Hall–Kier alpha value is -1.73. The van der Waals surface area contributed by atoms with Gasteiger partial charge >= 0.3 is 0 Å². The fourth-order valence-corrected chi connectivity index (χ4v) is 4.95. The first kappa shape index (κ1) is 21.0. The van der Waals surface area contributed by atoms with Gasteiger partial charge in [-0.3, -0.25) is 0 Å². The smallest absolute Gasteiger partial charge is 0.186 e. The molecule has 1 aromatic heterocycles. The molecular weight excluding hydrogens is 372 g/mol. The van der Waals surface area contributed by atoms with Crippen molar-refractivity contribution in [3.63, 3.8) is 0 Å². The molecule has 1 aliphatic heterocycles. The molecule has 0 aliphatic carbocycles. The van der Waals surface area contributed by atoms with Crippen LogP contribution in [0.5, 0.6) is 5.75 Å². The second-order valence-electron chi connectivity index (χ2n) is 8.91. The molecule has 0 spiro atoms. The van der Waals surface area contributed by atoms with Crippen LogP contribution in [0.25, 0.3) is 10.2 Å². The average Bonchev–Trinajstić information content (AvgIpc) is 3.07. The van der Waals surface area contributed by atoms with Crippen LogP contribution in [0, 0.1) is 23.8 Å². The van der Waals surface area contributed by atoms with E-state index in [2.05, 4.69) is 37.7 Å². The van der Waals surface area contributed by atoms with Gasteiger partial charge in [0.25, 0.3) is 0 Å². The van der Waals surface area contributed by atoms with Gasteiger partial charge in [-0.05, 0) is 37.2 Å². The molecule has 2 aromatic rings. The van der Waals surface area contributed by atoms with Gasteiger partial charge in [0.1, 0.15) is 5.69 Å². The van der Waals surface area contributed by atoms with Gasteiger partial charge in [0.2, 0.25) is 0 Å². The van der Waals surface area contributed by atoms with E-state index in [4.69, 9.17) is 20.0 Å². The Bertz CT molecular complexity index is 822. The Morgan fingerprint density at radius 1 is 1.36 bits per heavy atom. The summed E-state index contributed by atoms with van der Waals surface area (Å²) in [6, 6.07) is 1.94. The summed E-state index contributed by atoms with van der Waals surface area (Å²) in [5.41, 5.74) is 10.4. The van der Waals surface area contributed by atoms with Gasteiger partial charge in [-0.15, -0.1) is 0 Å². The van der Waals surface area contributed by atoms with Crippen molar-refractivity contribution in [2.75, 3.05) is 37.8 Å². The summed E-state index contributed by atoms with van der Waals surface area (Å²) < 4.78 is 12.6. The Morgan fingerprint density at radius 3 is 2.71 bits per heavy atom. The zero-order valence-corrected chi connectivity index (χ0v) is 18.5. The number of nitrogens with zero attached hydrogens (tertiary/aromatic N) is 3. The van der Waals surface area contributed by atoms with Crippen molar-refractivity contribution >= 4 is 32.4 Å². The fraction of sp³-hybridized carbons (Fsp3) is 0.667. The molecule has 2 heterocycles. The van der Waals surface area contributed by atoms with Crippen LogP contribution < -0.4 is 9.64 Å². The standard InChI is InChI=1S/C21H32N4O2S/c1-14(13-21(3,4)5)6-9-27-19-15(2)18-17(12-16(19)24-22)28-20(23-18)25-7-10-26-11-8-25/h12,14,22H,6-11,13H2,1-5H3. The molecule has 1 atom stereocenters. The summed E-state index contributed by atoms with van der Waals surface area (Å²) in [5, 5.41) is 4.74. The molecule has 0 amide bonds. The summed E-state index contributed by atoms with van der Waals surface area (Å²) in [5.74, 6) is 1.29. The quantitative estimate of drug-likeness (QED) is 0.579. The predicted molar refractivity (Wildman–Crippen MR) is 116 cm³/mol. The number of aromatic nitrogens is 1. The van der Waals surface area contributed by atoms with Gasteiger partial charge in [-0.1, -0.05) is 39.0 Å². The van der Waals surface area contributed by atoms with Crippen LogP contribution >= 0.6 is 11.3 Å². The molecule has 3 rings (SSSR count). The van der Waals surface area contributed by atoms with E-state index in [1.54, 1.807) is 11.3 Å². The summed E-state index contributed by atoms with van der Waals surface area (Å²) in [4.78, 5) is 7.13. The third-order valence-electron chi connectivity index (χ3n) is 5.06. The molecule has 1 aliphatic rings. The normalized spacial score (nSPS) is 16.4. The lowest BCUT2D eigenvalue weighted by Gasteiger charge is -2.25. The second kappa shape index (κ2) is 8.74. The number of aryl methyl sites for hydroxylation is 1. The van der Waals surface area contributed by atoms with Gasteiger partial charge < -0.3 is 14.4 Å². The number of benzene rings is 1. The predicted octanol–water partition coefficient (Wildman–Crippen LogP) is 5.94. The second-order valence-corrected chi connectivity index (χ2v) is 9.92. The summed E-state index contributed by atoms with van der Waals surface area (Å²) in [7, 11) is 0. The van der Waals surface area contributed by atoms with Crippen LogP contribution in [0.2, 0.25) is 0 Å². The van der Waals surface area contributed by atoms with Crippen LogP contribution in [0.15, 0.2) is 11.2 Å². The SMILES string of the molecule is Cc1c(OCCC(C)CC(C)(C)C)c(N=N)cc2sc(N3CCOCC3)nc12. The number of thiazole rings is 1. The van der Waals surface area contributed by atoms with E-state index in [-0.39, 0.29) is 0 Å². The molecule has 0 saturated carbocycles. The number of nitrogens with one attached hydrogen (secondary N) is 1. The molecule has 1 aromatic carbocycles. The van der Waals surface area contributed by atoms with E-state index in [1.807, 2.05) is 13.0 Å². The molecule has 1 saturated heterocycles. The average molecular weight is 405 g/mol. The zero-order valence-electron chi connectivity index (χ0n) is 17.7. The van der Waals surface area contributed by atoms with Crippen LogP contribution in [0.3, 0.4) is 0 Å². The zero-order chi connectivity index (χ0) is 20.3. The van der Waals surface area contributed by atoms with Crippen LogP contribution in [0.4, 0.5) is 10.8 Å². The van der Waals surface area contributed by atoms with Crippen LogP contribution in [0.1, 0.15) is 46.1 Å². The minimum atomic E-state index is 0.326. The Balaban J connectivity index is 1.77. The highest BCUT2D eigenvalue weighted by Crippen LogP contribution is 2.41. The number of hydrogen-bond acceptors (Lipinski definition) is 7. The molecule has 7 heteroatoms. The van der Waals surface area contributed by atoms with E-state index in [1.165, 1.54) is 6.42 Å².